The molecule has 118 valence electrons. The average Bonchev–Trinajstić information content (AvgIpc) is 3.18. The lowest BCUT2D eigenvalue weighted by molar-refractivity contribution is -0.138. The zero-order valence-corrected chi connectivity index (χ0v) is 12.5. The molecular weight excluding hydrogens is 270 g/mol. The number of carbonyl (C=O) groups excluding carboxylic acids is 1. The summed E-state index contributed by atoms with van der Waals surface area (Å²) in [4.78, 5) is 29.8. The quantitative estimate of drug-likeness (QED) is 0.850. The van der Waals surface area contributed by atoms with Gasteiger partial charge in [-0.05, 0) is 45.2 Å². The Morgan fingerprint density at radius 2 is 1.76 bits per heavy atom. The molecule has 2 amide bonds. The van der Waals surface area contributed by atoms with Gasteiger partial charge in [-0.2, -0.15) is 0 Å². The van der Waals surface area contributed by atoms with Crippen LogP contribution in [0.2, 0.25) is 0 Å². The molecule has 0 aliphatic carbocycles. The number of carboxylic acid groups (broad SMARTS) is 1. The maximum Gasteiger partial charge on any atom is 0.320 e. The minimum atomic E-state index is -0.809. The number of nitrogens with zero attached hydrogens (tertiary/aromatic N) is 3. The third-order valence-electron chi connectivity index (χ3n) is 5.12. The lowest BCUT2D eigenvalue weighted by Gasteiger charge is -2.29. The second kappa shape index (κ2) is 6.22. The highest BCUT2D eigenvalue weighted by molar-refractivity contribution is 5.77. The topological polar surface area (TPSA) is 64.1 Å². The molecule has 6 nitrogen and oxygen atoms in total. The van der Waals surface area contributed by atoms with Crippen molar-refractivity contribution in [2.75, 3.05) is 32.7 Å². The molecule has 3 aliphatic heterocycles. The van der Waals surface area contributed by atoms with E-state index in [2.05, 4.69) is 4.90 Å². The fourth-order valence-corrected chi connectivity index (χ4v) is 4.00. The minimum absolute atomic E-state index is 0.0560. The molecule has 0 aromatic carbocycles. The summed E-state index contributed by atoms with van der Waals surface area (Å²) in [5.41, 5.74) is 0. The van der Waals surface area contributed by atoms with Gasteiger partial charge in [0, 0.05) is 31.7 Å². The number of carbonyl (C=O) groups is 2. The van der Waals surface area contributed by atoms with Gasteiger partial charge in [0.15, 0.2) is 0 Å². The monoisotopic (exact) mass is 295 g/mol. The van der Waals surface area contributed by atoms with Crippen LogP contribution in [0.3, 0.4) is 0 Å². The summed E-state index contributed by atoms with van der Waals surface area (Å²) in [6.07, 6.45) is 5.43. The van der Waals surface area contributed by atoms with Crippen molar-refractivity contribution in [3.05, 3.63) is 0 Å². The van der Waals surface area contributed by atoms with Crippen molar-refractivity contribution in [2.45, 2.75) is 50.6 Å². The van der Waals surface area contributed by atoms with Crippen LogP contribution in [0.1, 0.15) is 38.5 Å². The van der Waals surface area contributed by atoms with Gasteiger partial charge in [0.25, 0.3) is 0 Å². The molecule has 1 N–H and O–H groups in total. The molecule has 0 aromatic rings. The fraction of sp³-hybridized carbons (Fsp3) is 0.867. The van der Waals surface area contributed by atoms with Crippen LogP contribution in [0.5, 0.6) is 0 Å². The molecule has 21 heavy (non-hydrogen) atoms. The van der Waals surface area contributed by atoms with Gasteiger partial charge in [-0.3, -0.25) is 9.69 Å². The van der Waals surface area contributed by atoms with Crippen LogP contribution in [-0.2, 0) is 4.79 Å². The van der Waals surface area contributed by atoms with Crippen LogP contribution in [-0.4, -0.2) is 76.6 Å². The summed E-state index contributed by atoms with van der Waals surface area (Å²) in [6.45, 7) is 4.67. The number of rotatable bonds is 3. The first-order valence-corrected chi connectivity index (χ1v) is 8.16. The second-order valence-electron chi connectivity index (χ2n) is 6.50. The summed E-state index contributed by atoms with van der Waals surface area (Å²) in [7, 11) is 0. The Balaban J connectivity index is 1.56. The smallest absolute Gasteiger partial charge is 0.320 e. The maximum absolute atomic E-state index is 12.6. The Morgan fingerprint density at radius 1 is 1.00 bits per heavy atom. The molecule has 3 saturated heterocycles. The van der Waals surface area contributed by atoms with Gasteiger partial charge in [0.05, 0.1) is 6.42 Å². The van der Waals surface area contributed by atoms with E-state index in [1.807, 2.05) is 4.90 Å². The van der Waals surface area contributed by atoms with E-state index >= 15 is 0 Å². The van der Waals surface area contributed by atoms with E-state index in [1.165, 1.54) is 12.8 Å². The Kier molecular flexibility index (Phi) is 4.33. The fourth-order valence-electron chi connectivity index (χ4n) is 4.00. The van der Waals surface area contributed by atoms with E-state index in [0.29, 0.717) is 12.6 Å². The van der Waals surface area contributed by atoms with Gasteiger partial charge in [-0.15, -0.1) is 0 Å². The van der Waals surface area contributed by atoms with Crippen LogP contribution in [0.4, 0.5) is 4.79 Å². The summed E-state index contributed by atoms with van der Waals surface area (Å²) < 4.78 is 0. The van der Waals surface area contributed by atoms with Gasteiger partial charge < -0.3 is 14.9 Å². The first-order valence-electron chi connectivity index (χ1n) is 8.16. The van der Waals surface area contributed by atoms with Crippen LogP contribution in [0.25, 0.3) is 0 Å². The Bertz CT molecular complexity index is 409. The molecular formula is C15H25N3O3. The normalized spacial score (nSPS) is 30.3. The van der Waals surface area contributed by atoms with Crippen molar-refractivity contribution in [2.24, 2.45) is 0 Å². The molecule has 0 radical (unpaired) electrons. The predicted molar refractivity (Wildman–Crippen MR) is 78.2 cm³/mol. The van der Waals surface area contributed by atoms with Gasteiger partial charge in [0.2, 0.25) is 0 Å². The molecule has 3 rings (SSSR count). The van der Waals surface area contributed by atoms with E-state index in [-0.39, 0.29) is 18.5 Å². The highest BCUT2D eigenvalue weighted by Crippen LogP contribution is 2.25. The van der Waals surface area contributed by atoms with Crippen molar-refractivity contribution in [1.82, 2.24) is 14.7 Å². The standard InChI is InChI=1S/C15H25N3O3/c19-14(20)10-12-4-3-8-18(12)15(21)17-9-5-13(11-17)16-6-1-2-7-16/h12-13H,1-11H2,(H,19,20). The number of carboxylic acids is 1. The number of hydrogen-bond donors (Lipinski definition) is 1. The number of hydrogen-bond acceptors (Lipinski definition) is 3. The molecule has 0 aromatic heterocycles. The summed E-state index contributed by atoms with van der Waals surface area (Å²) >= 11 is 0. The van der Waals surface area contributed by atoms with Gasteiger partial charge in [-0.1, -0.05) is 0 Å². The van der Waals surface area contributed by atoms with Gasteiger partial charge >= 0.3 is 12.0 Å². The van der Waals surface area contributed by atoms with Gasteiger partial charge in [0.1, 0.15) is 0 Å². The molecule has 3 aliphatic rings. The first-order chi connectivity index (χ1) is 10.1. The molecule has 2 unspecified atom stereocenters. The Morgan fingerprint density at radius 3 is 2.48 bits per heavy atom. The molecule has 2 atom stereocenters. The summed E-state index contributed by atoms with van der Waals surface area (Å²) in [5.74, 6) is -0.809. The minimum Gasteiger partial charge on any atom is -0.481 e. The zero-order valence-electron chi connectivity index (χ0n) is 12.5. The van der Waals surface area contributed by atoms with Gasteiger partial charge in [-0.25, -0.2) is 4.79 Å². The predicted octanol–water partition coefficient (Wildman–Crippen LogP) is 1.22. The third kappa shape index (κ3) is 3.15. The van der Waals surface area contributed by atoms with E-state index in [0.717, 1.165) is 45.4 Å². The summed E-state index contributed by atoms with van der Waals surface area (Å²) in [6, 6.07) is 0.457. The average molecular weight is 295 g/mol. The number of urea groups is 1. The molecule has 0 spiro atoms. The van der Waals surface area contributed by atoms with Crippen molar-refractivity contribution in [3.63, 3.8) is 0 Å². The molecule has 3 fully saturated rings. The first kappa shape index (κ1) is 14.6. The lowest BCUT2D eigenvalue weighted by atomic mass is 10.1. The van der Waals surface area contributed by atoms with Crippen molar-refractivity contribution < 1.29 is 14.7 Å². The second-order valence-corrected chi connectivity index (χ2v) is 6.50. The molecule has 0 bridgehead atoms. The van der Waals surface area contributed by atoms with E-state index in [9.17, 15) is 9.59 Å². The highest BCUT2D eigenvalue weighted by Gasteiger charge is 2.37. The molecule has 6 heteroatoms. The van der Waals surface area contributed by atoms with Crippen molar-refractivity contribution in [1.29, 1.82) is 0 Å². The Hall–Kier alpha value is -1.30. The molecule has 3 heterocycles. The van der Waals surface area contributed by atoms with Crippen LogP contribution in [0, 0.1) is 0 Å². The Labute approximate surface area is 125 Å². The lowest BCUT2D eigenvalue weighted by Crippen LogP contribution is -2.46. The molecule has 0 saturated carbocycles. The van der Waals surface area contributed by atoms with Crippen molar-refractivity contribution in [3.8, 4) is 0 Å². The van der Waals surface area contributed by atoms with Crippen LogP contribution < -0.4 is 0 Å². The number of aliphatic carboxylic acids is 1. The maximum atomic E-state index is 12.6. The van der Waals surface area contributed by atoms with Crippen LogP contribution in [0.15, 0.2) is 0 Å². The third-order valence-corrected chi connectivity index (χ3v) is 5.12. The van der Waals surface area contributed by atoms with E-state index in [4.69, 9.17) is 5.11 Å². The summed E-state index contributed by atoms with van der Waals surface area (Å²) in [5, 5.41) is 8.97. The van der Waals surface area contributed by atoms with E-state index < -0.39 is 5.97 Å². The SMILES string of the molecule is O=C(O)CC1CCCN1C(=O)N1CCC(N2CCCC2)C1. The zero-order chi connectivity index (χ0) is 14.8. The van der Waals surface area contributed by atoms with Crippen LogP contribution >= 0.6 is 0 Å². The number of likely N-dealkylation sites (tertiary alicyclic amines) is 3. The van der Waals surface area contributed by atoms with E-state index in [1.54, 1.807) is 4.90 Å². The van der Waals surface area contributed by atoms with Crippen molar-refractivity contribution >= 4 is 12.0 Å². The number of amides is 2. The highest BCUT2D eigenvalue weighted by atomic mass is 16.4. The largest absolute Gasteiger partial charge is 0.481 e.